The summed E-state index contributed by atoms with van der Waals surface area (Å²) in [5, 5.41) is 35.8. The van der Waals surface area contributed by atoms with E-state index in [9.17, 15) is 24.9 Å². The van der Waals surface area contributed by atoms with E-state index in [2.05, 4.69) is 10.2 Å². The smallest absolute Gasteiger partial charge is 0.312 e. The summed E-state index contributed by atoms with van der Waals surface area (Å²) >= 11 is 0. The van der Waals surface area contributed by atoms with Crippen LogP contribution in [-0.2, 0) is 26.2 Å². The lowest BCUT2D eigenvalue weighted by Crippen LogP contribution is -2.70. The third-order valence-corrected chi connectivity index (χ3v) is 9.43. The van der Waals surface area contributed by atoms with Gasteiger partial charge < -0.3 is 30.1 Å². The predicted molar refractivity (Wildman–Crippen MR) is 134 cm³/mol. The molecule has 1 amide bonds. The third-order valence-electron chi connectivity index (χ3n) is 9.43. The van der Waals surface area contributed by atoms with E-state index in [1.54, 1.807) is 42.5 Å². The van der Waals surface area contributed by atoms with E-state index in [1.165, 1.54) is 0 Å². The van der Waals surface area contributed by atoms with E-state index in [-0.39, 0.29) is 30.2 Å². The number of aromatic hydroxyl groups is 1. The van der Waals surface area contributed by atoms with E-state index in [1.807, 2.05) is 13.1 Å². The number of ether oxygens (including phenoxy) is 2. The number of phenols is 1. The molecule has 6 atom stereocenters. The van der Waals surface area contributed by atoms with Crippen molar-refractivity contribution >= 4 is 11.9 Å². The first-order chi connectivity index (χ1) is 18.2. The van der Waals surface area contributed by atoms with Gasteiger partial charge in [0, 0.05) is 36.5 Å². The number of esters is 1. The first-order valence-corrected chi connectivity index (χ1v) is 13.1. The zero-order chi connectivity index (χ0) is 26.4. The molecular formula is C29H30N2O7. The van der Waals surface area contributed by atoms with Gasteiger partial charge in [-0.15, -0.1) is 0 Å². The number of phenolic OH excluding ortho intramolecular Hbond substituents is 1. The number of hydrogen-bond donors (Lipinski definition) is 4. The summed E-state index contributed by atoms with van der Waals surface area (Å²) in [5.41, 5.74) is 0.367. The second kappa shape index (κ2) is 7.81. The Balaban J connectivity index is 1.10. The second-order valence-corrected chi connectivity index (χ2v) is 11.5. The van der Waals surface area contributed by atoms with Gasteiger partial charge in [0.25, 0.3) is 5.91 Å². The minimum absolute atomic E-state index is 0.00339. The van der Waals surface area contributed by atoms with Crippen molar-refractivity contribution in [3.8, 4) is 11.5 Å². The number of nitrogens with one attached hydrogen (secondary N) is 1. The molecule has 3 aliphatic carbocycles. The minimum Gasteiger partial charge on any atom is -0.504 e. The van der Waals surface area contributed by atoms with Gasteiger partial charge in [0.05, 0.1) is 17.4 Å². The SMILES string of the molecule is CN1CC23Cc4ccc(O)c5c4[C@@]4(C2)[C@@H](O5)C(OC(=O)CCNC(=O)[C@@H](O)c2ccccc2)=CC[C@@]4(O)[C@H]13. The summed E-state index contributed by atoms with van der Waals surface area (Å²) < 4.78 is 12.1. The van der Waals surface area contributed by atoms with Crippen molar-refractivity contribution < 1.29 is 34.4 Å². The molecule has 1 saturated carbocycles. The number of likely N-dealkylation sites (tertiary alicyclic amines) is 1. The van der Waals surface area contributed by atoms with Gasteiger partial charge >= 0.3 is 5.97 Å². The number of fused-ring (bicyclic) bond motifs is 1. The van der Waals surface area contributed by atoms with E-state index in [0.29, 0.717) is 29.9 Å². The number of aliphatic hydroxyl groups excluding tert-OH is 1. The molecule has 1 saturated heterocycles. The molecule has 2 bridgehead atoms. The number of likely N-dealkylation sites (N-methyl/N-ethyl adjacent to an activating group) is 1. The Hall–Kier alpha value is -3.40. The number of amides is 1. The topological polar surface area (TPSA) is 129 Å². The first-order valence-electron chi connectivity index (χ1n) is 13.1. The van der Waals surface area contributed by atoms with E-state index >= 15 is 0 Å². The number of rotatable bonds is 6. The van der Waals surface area contributed by atoms with Crippen LogP contribution in [0.2, 0.25) is 0 Å². The van der Waals surface area contributed by atoms with Crippen LogP contribution in [0.15, 0.2) is 54.3 Å². The number of hydrogen-bond acceptors (Lipinski definition) is 8. The summed E-state index contributed by atoms with van der Waals surface area (Å²) in [4.78, 5) is 27.4. The highest BCUT2D eigenvalue weighted by atomic mass is 16.6. The molecule has 0 aromatic heterocycles. The van der Waals surface area contributed by atoms with Gasteiger partial charge in [-0.3, -0.25) is 14.5 Å². The number of carbonyl (C=O) groups is 2. The van der Waals surface area contributed by atoms with E-state index in [0.717, 1.165) is 24.1 Å². The van der Waals surface area contributed by atoms with Gasteiger partial charge in [0.15, 0.2) is 23.7 Å². The standard InChI is InChI=1S/C29H30N2O7/c1-31-15-27-13-17-7-8-18(32)23-21(17)28(14-27)24(38-23)19(9-11-29(28,36)26(27)31)37-20(33)10-12-30-25(35)22(34)16-5-3-2-4-6-16/h2-9,22,24,26,32,34,36H,10-15H2,1H3,(H,30,35)/t22-,24-,26+,27?,28-,29+/m0/s1. The Morgan fingerprint density at radius 3 is 2.79 bits per heavy atom. The Morgan fingerprint density at radius 1 is 1.24 bits per heavy atom. The maximum Gasteiger partial charge on any atom is 0.312 e. The maximum absolute atomic E-state index is 12.8. The zero-order valence-corrected chi connectivity index (χ0v) is 21.0. The highest BCUT2D eigenvalue weighted by molar-refractivity contribution is 5.82. The quantitative estimate of drug-likeness (QED) is 0.423. The van der Waals surface area contributed by atoms with Crippen molar-refractivity contribution in [3.63, 3.8) is 0 Å². The van der Waals surface area contributed by atoms with Crippen LogP contribution in [0.3, 0.4) is 0 Å². The lowest BCUT2D eigenvalue weighted by Gasteiger charge is -2.56. The Bertz CT molecular complexity index is 1390. The van der Waals surface area contributed by atoms with Crippen molar-refractivity contribution in [2.75, 3.05) is 20.1 Å². The Kier molecular flexibility index (Phi) is 4.87. The zero-order valence-electron chi connectivity index (χ0n) is 21.0. The lowest BCUT2D eigenvalue weighted by molar-refractivity contribution is -0.152. The number of nitrogens with zero attached hydrogens (tertiary/aromatic N) is 1. The first kappa shape index (κ1) is 23.7. The number of carbonyl (C=O) groups excluding carboxylic acids is 2. The van der Waals surface area contributed by atoms with Gasteiger partial charge in [-0.25, -0.2) is 0 Å². The second-order valence-electron chi connectivity index (χ2n) is 11.5. The number of benzene rings is 2. The average molecular weight is 519 g/mol. The molecule has 0 radical (unpaired) electrons. The fraction of sp³-hybridized carbons (Fsp3) is 0.448. The van der Waals surface area contributed by atoms with Crippen LogP contribution in [0.1, 0.15) is 42.1 Å². The van der Waals surface area contributed by atoms with Crippen LogP contribution >= 0.6 is 0 Å². The molecule has 38 heavy (non-hydrogen) atoms. The lowest BCUT2D eigenvalue weighted by atomic mass is 9.59. The van der Waals surface area contributed by atoms with Gasteiger partial charge in [0.1, 0.15) is 5.76 Å². The van der Waals surface area contributed by atoms with Crippen LogP contribution in [0.4, 0.5) is 0 Å². The van der Waals surface area contributed by atoms with Crippen molar-refractivity contribution in [1.29, 1.82) is 0 Å². The van der Waals surface area contributed by atoms with Crippen LogP contribution in [0.5, 0.6) is 11.5 Å². The highest BCUT2D eigenvalue weighted by Gasteiger charge is 2.82. The molecule has 2 fully saturated rings. The van der Waals surface area contributed by atoms with Crippen molar-refractivity contribution in [3.05, 3.63) is 71.0 Å². The molecule has 9 nitrogen and oxygen atoms in total. The van der Waals surface area contributed by atoms with Crippen molar-refractivity contribution in [2.45, 2.75) is 54.9 Å². The predicted octanol–water partition coefficient (Wildman–Crippen LogP) is 1.45. The molecule has 9 heteroatoms. The fourth-order valence-corrected chi connectivity index (χ4v) is 8.35. The molecule has 4 N–H and O–H groups in total. The molecule has 2 aromatic carbocycles. The van der Waals surface area contributed by atoms with E-state index in [4.69, 9.17) is 9.47 Å². The molecule has 1 unspecified atom stereocenters. The van der Waals surface area contributed by atoms with Crippen molar-refractivity contribution in [1.82, 2.24) is 10.2 Å². The molecule has 2 heterocycles. The monoisotopic (exact) mass is 518 g/mol. The highest BCUT2D eigenvalue weighted by Crippen LogP contribution is 2.75. The fourth-order valence-electron chi connectivity index (χ4n) is 8.35. The summed E-state index contributed by atoms with van der Waals surface area (Å²) in [7, 11) is 2.03. The summed E-state index contributed by atoms with van der Waals surface area (Å²) in [5.74, 6) is -0.432. The van der Waals surface area contributed by atoms with Crippen LogP contribution < -0.4 is 10.1 Å². The largest absolute Gasteiger partial charge is 0.504 e. The molecule has 2 aromatic rings. The maximum atomic E-state index is 12.8. The summed E-state index contributed by atoms with van der Waals surface area (Å²) in [6, 6.07) is 12.1. The molecular weight excluding hydrogens is 488 g/mol. The summed E-state index contributed by atoms with van der Waals surface area (Å²) in [6.07, 6.45) is 1.39. The van der Waals surface area contributed by atoms with Crippen molar-refractivity contribution in [2.24, 2.45) is 5.41 Å². The molecule has 5 aliphatic rings. The third kappa shape index (κ3) is 2.86. The van der Waals surface area contributed by atoms with Gasteiger partial charge in [0.2, 0.25) is 0 Å². The van der Waals surface area contributed by atoms with E-state index < -0.39 is 35.1 Å². The normalized spacial score (nSPS) is 34.2. The molecule has 2 aliphatic heterocycles. The van der Waals surface area contributed by atoms with Gasteiger partial charge in [-0.05, 0) is 43.2 Å². The Morgan fingerprint density at radius 2 is 2.03 bits per heavy atom. The van der Waals surface area contributed by atoms with Gasteiger partial charge in [-0.2, -0.15) is 0 Å². The van der Waals surface area contributed by atoms with Crippen LogP contribution in [0, 0.1) is 5.41 Å². The minimum atomic E-state index is -1.33. The molecule has 198 valence electrons. The van der Waals surface area contributed by atoms with Crippen LogP contribution in [-0.4, -0.2) is 70.0 Å². The average Bonchev–Trinajstić information content (AvgIpc) is 3.32. The Labute approximate surface area is 219 Å². The summed E-state index contributed by atoms with van der Waals surface area (Å²) in [6.45, 7) is 0.865. The van der Waals surface area contributed by atoms with Gasteiger partial charge in [-0.1, -0.05) is 36.4 Å². The number of aliphatic hydroxyl groups is 2. The molecule has 7 rings (SSSR count). The van der Waals surface area contributed by atoms with Crippen LogP contribution in [0.25, 0.3) is 0 Å². The molecule has 2 spiro atoms.